The maximum atomic E-state index is 12.8. The number of carbonyl (C=O) groups excluding carboxylic acids is 2. The van der Waals surface area contributed by atoms with E-state index in [1.807, 2.05) is 73.9 Å². The number of aryl methyl sites for hydroxylation is 4. The minimum absolute atomic E-state index is 0.0616. The molecule has 2 aromatic carbocycles. The molecule has 0 atom stereocenters. The van der Waals surface area contributed by atoms with Crippen LogP contribution in [0.5, 0.6) is 0 Å². The van der Waals surface area contributed by atoms with Gasteiger partial charge in [-0.2, -0.15) is 0 Å². The predicted octanol–water partition coefficient (Wildman–Crippen LogP) is 3.18. The molecule has 10 nitrogen and oxygen atoms in total. The van der Waals surface area contributed by atoms with Gasteiger partial charge in [-0.25, -0.2) is 0 Å². The number of rotatable bonds is 6. The summed E-state index contributed by atoms with van der Waals surface area (Å²) in [5.74, 6) is -0.123. The van der Waals surface area contributed by atoms with E-state index in [0.29, 0.717) is 79.0 Å². The fourth-order valence-corrected chi connectivity index (χ4v) is 4.75. The van der Waals surface area contributed by atoms with Gasteiger partial charge in [-0.05, 0) is 49.9 Å². The Kier molecular flexibility index (Phi) is 14.9. The van der Waals surface area contributed by atoms with Crippen LogP contribution in [-0.4, -0.2) is 114 Å². The second kappa shape index (κ2) is 18.6. The molecule has 0 radical (unpaired) electrons. The van der Waals surface area contributed by atoms with E-state index >= 15 is 0 Å². The smallest absolute Gasteiger partial charge is 0.238 e. The molecule has 0 unspecified atom stereocenters. The highest BCUT2D eigenvalue weighted by atomic mass is 16.5. The highest BCUT2D eigenvalue weighted by Crippen LogP contribution is 2.20. The Balaban J connectivity index is 1.45. The molecule has 2 N–H and O–H groups in total. The normalized spacial score (nSPS) is 17.6. The van der Waals surface area contributed by atoms with Crippen molar-refractivity contribution in [3.8, 4) is 0 Å². The molecule has 10 heteroatoms. The van der Waals surface area contributed by atoms with Gasteiger partial charge >= 0.3 is 0 Å². The third kappa shape index (κ3) is 12.2. The van der Waals surface area contributed by atoms with Crippen molar-refractivity contribution in [3.05, 3.63) is 58.7 Å². The van der Waals surface area contributed by atoms with Gasteiger partial charge in [0.1, 0.15) is 0 Å². The average molecular weight is 585 g/mol. The second-order valence-corrected chi connectivity index (χ2v) is 10.6. The molecule has 42 heavy (non-hydrogen) atoms. The molecule has 0 bridgehead atoms. The minimum Gasteiger partial charge on any atom is -0.378 e. The molecule has 1 fully saturated rings. The fraction of sp³-hybridized carbons (Fsp3) is 0.562. The molecular formula is C32H48N4O6. The van der Waals surface area contributed by atoms with E-state index in [-0.39, 0.29) is 24.9 Å². The molecule has 232 valence electrons. The van der Waals surface area contributed by atoms with Crippen LogP contribution < -0.4 is 10.6 Å². The van der Waals surface area contributed by atoms with Gasteiger partial charge in [0.2, 0.25) is 11.8 Å². The lowest BCUT2D eigenvalue weighted by atomic mass is 10.1. The molecule has 3 rings (SSSR count). The lowest BCUT2D eigenvalue weighted by Crippen LogP contribution is -2.39. The van der Waals surface area contributed by atoms with Crippen LogP contribution in [0, 0.1) is 27.7 Å². The van der Waals surface area contributed by atoms with E-state index in [4.69, 9.17) is 18.9 Å². The number of amides is 2. The summed E-state index contributed by atoms with van der Waals surface area (Å²) in [4.78, 5) is 29.7. The first-order chi connectivity index (χ1) is 20.3. The zero-order valence-corrected chi connectivity index (χ0v) is 25.7. The number of nitrogens with one attached hydrogen (secondary N) is 2. The maximum Gasteiger partial charge on any atom is 0.238 e. The molecule has 1 heterocycles. The van der Waals surface area contributed by atoms with Crippen LogP contribution >= 0.6 is 0 Å². The summed E-state index contributed by atoms with van der Waals surface area (Å²) >= 11 is 0. The van der Waals surface area contributed by atoms with Crippen molar-refractivity contribution < 1.29 is 28.5 Å². The number of hydrogen-bond acceptors (Lipinski definition) is 8. The van der Waals surface area contributed by atoms with E-state index in [1.54, 1.807) is 0 Å². The Hall–Kier alpha value is -2.86. The fourth-order valence-electron chi connectivity index (χ4n) is 4.75. The van der Waals surface area contributed by atoms with E-state index in [0.717, 1.165) is 33.6 Å². The van der Waals surface area contributed by atoms with Gasteiger partial charge in [-0.15, -0.1) is 0 Å². The summed E-state index contributed by atoms with van der Waals surface area (Å²) in [6.07, 6.45) is 0. The van der Waals surface area contributed by atoms with E-state index in [1.165, 1.54) is 0 Å². The summed E-state index contributed by atoms with van der Waals surface area (Å²) in [5.41, 5.74) is 5.89. The summed E-state index contributed by atoms with van der Waals surface area (Å²) < 4.78 is 23.2. The summed E-state index contributed by atoms with van der Waals surface area (Å²) in [6, 6.07) is 11.9. The highest BCUT2D eigenvalue weighted by Gasteiger charge is 2.15. The van der Waals surface area contributed by atoms with Crippen LogP contribution in [0.15, 0.2) is 36.4 Å². The molecule has 0 saturated carbocycles. The number of ether oxygens (including phenoxy) is 4. The minimum atomic E-state index is -0.0616. The van der Waals surface area contributed by atoms with Crippen molar-refractivity contribution in [1.82, 2.24) is 9.80 Å². The van der Waals surface area contributed by atoms with Gasteiger partial charge in [-0.3, -0.25) is 19.4 Å². The number of anilines is 2. The lowest BCUT2D eigenvalue weighted by molar-refractivity contribution is -0.118. The molecular weight excluding hydrogens is 536 g/mol. The van der Waals surface area contributed by atoms with Gasteiger partial charge in [0.15, 0.2) is 0 Å². The second-order valence-electron chi connectivity index (χ2n) is 10.6. The van der Waals surface area contributed by atoms with Gasteiger partial charge in [0, 0.05) is 37.6 Å². The largest absolute Gasteiger partial charge is 0.378 e. The molecule has 1 aliphatic rings. The van der Waals surface area contributed by atoms with Gasteiger partial charge in [-0.1, -0.05) is 36.4 Å². The predicted molar refractivity (Wildman–Crippen MR) is 165 cm³/mol. The third-order valence-electron chi connectivity index (χ3n) is 7.18. The monoisotopic (exact) mass is 584 g/mol. The SMILES string of the molecule is Cc1cccc(C)c1NC(=O)CN1CCOCCOCCN(CC(=O)Nc2c(C)cccc2C)CCOCCOCC1. The molecule has 1 saturated heterocycles. The Morgan fingerprint density at radius 2 is 0.833 bits per heavy atom. The van der Waals surface area contributed by atoms with Gasteiger partial charge in [0.05, 0.1) is 65.9 Å². The van der Waals surface area contributed by atoms with Crippen molar-refractivity contribution in [2.45, 2.75) is 27.7 Å². The van der Waals surface area contributed by atoms with Gasteiger partial charge < -0.3 is 29.6 Å². The third-order valence-corrected chi connectivity index (χ3v) is 7.18. The van der Waals surface area contributed by atoms with Crippen LogP contribution in [0.3, 0.4) is 0 Å². The quantitative estimate of drug-likeness (QED) is 0.534. The summed E-state index contributed by atoms with van der Waals surface area (Å²) in [6.45, 7) is 14.6. The first kappa shape index (κ1) is 33.6. The first-order valence-electron chi connectivity index (χ1n) is 14.8. The van der Waals surface area contributed by atoms with E-state index in [9.17, 15) is 9.59 Å². The van der Waals surface area contributed by atoms with Crippen molar-refractivity contribution in [2.75, 3.05) is 103 Å². The molecule has 0 aromatic heterocycles. The van der Waals surface area contributed by atoms with Crippen LogP contribution in [-0.2, 0) is 28.5 Å². The molecule has 0 aliphatic carbocycles. The van der Waals surface area contributed by atoms with Crippen molar-refractivity contribution in [2.24, 2.45) is 0 Å². The highest BCUT2D eigenvalue weighted by molar-refractivity contribution is 5.94. The summed E-state index contributed by atoms with van der Waals surface area (Å²) in [5, 5.41) is 6.12. The van der Waals surface area contributed by atoms with Gasteiger partial charge in [0.25, 0.3) is 0 Å². The number of carbonyl (C=O) groups is 2. The standard InChI is InChI=1S/C32H48N4O6/c1-25-7-5-8-26(2)31(25)33-29(37)23-35-11-15-39-19-21-41-17-13-36(14-18-42-22-20-40-16-12-35)24-30(38)34-32-27(3)9-6-10-28(32)4/h5-10H,11-24H2,1-4H3,(H,33,37)(H,34,38). The number of nitrogens with zero attached hydrogens (tertiary/aromatic N) is 2. The summed E-state index contributed by atoms with van der Waals surface area (Å²) in [7, 11) is 0. The maximum absolute atomic E-state index is 12.8. The Labute approximate surface area is 250 Å². The lowest BCUT2D eigenvalue weighted by Gasteiger charge is -2.23. The Morgan fingerprint density at radius 1 is 0.548 bits per heavy atom. The Bertz CT molecular complexity index is 980. The van der Waals surface area contributed by atoms with Crippen LogP contribution in [0.1, 0.15) is 22.3 Å². The number of benzene rings is 2. The molecule has 2 amide bonds. The van der Waals surface area contributed by atoms with E-state index < -0.39 is 0 Å². The van der Waals surface area contributed by atoms with Crippen molar-refractivity contribution >= 4 is 23.2 Å². The topological polar surface area (TPSA) is 102 Å². The zero-order valence-electron chi connectivity index (χ0n) is 25.7. The van der Waals surface area contributed by atoms with Crippen LogP contribution in [0.2, 0.25) is 0 Å². The van der Waals surface area contributed by atoms with Crippen LogP contribution in [0.4, 0.5) is 11.4 Å². The number of hydrogen-bond donors (Lipinski definition) is 2. The molecule has 2 aromatic rings. The Morgan fingerprint density at radius 3 is 1.12 bits per heavy atom. The number of para-hydroxylation sites is 2. The van der Waals surface area contributed by atoms with Crippen LogP contribution in [0.25, 0.3) is 0 Å². The molecule has 0 spiro atoms. The first-order valence-corrected chi connectivity index (χ1v) is 14.8. The van der Waals surface area contributed by atoms with Crippen molar-refractivity contribution in [3.63, 3.8) is 0 Å². The average Bonchev–Trinajstić information content (AvgIpc) is 2.94. The van der Waals surface area contributed by atoms with E-state index in [2.05, 4.69) is 10.6 Å². The zero-order chi connectivity index (χ0) is 30.2. The van der Waals surface area contributed by atoms with Crippen molar-refractivity contribution in [1.29, 1.82) is 0 Å². The molecule has 1 aliphatic heterocycles.